The van der Waals surface area contributed by atoms with Gasteiger partial charge < -0.3 is 20.3 Å². The van der Waals surface area contributed by atoms with Crippen molar-refractivity contribution in [1.29, 1.82) is 0 Å². The number of hydrogen-bond acceptors (Lipinski definition) is 3. The van der Waals surface area contributed by atoms with Gasteiger partial charge in [0.1, 0.15) is 11.6 Å². The Morgan fingerprint density at radius 1 is 1.26 bits per heavy atom. The Bertz CT molecular complexity index is 938. The van der Waals surface area contributed by atoms with E-state index in [4.69, 9.17) is 16.3 Å². The highest BCUT2D eigenvalue weighted by molar-refractivity contribution is 6.31. The highest BCUT2D eigenvalue weighted by Gasteiger charge is 2.27. The molecule has 0 aliphatic carbocycles. The van der Waals surface area contributed by atoms with E-state index < -0.39 is 11.8 Å². The van der Waals surface area contributed by atoms with Gasteiger partial charge in [-0.1, -0.05) is 17.7 Å². The lowest BCUT2D eigenvalue weighted by Gasteiger charge is -2.33. The third-order valence-corrected chi connectivity index (χ3v) is 5.21. The topological polar surface area (TPSA) is 70.7 Å². The maximum absolute atomic E-state index is 13.2. The lowest BCUT2D eigenvalue weighted by atomic mass is 9.97. The predicted molar refractivity (Wildman–Crippen MR) is 119 cm³/mol. The number of nitrogens with one attached hydrogen (secondary N) is 2. The van der Waals surface area contributed by atoms with Crippen molar-refractivity contribution in [1.82, 2.24) is 10.2 Å². The molecule has 31 heavy (non-hydrogen) atoms. The minimum absolute atomic E-state index is 0.0670. The van der Waals surface area contributed by atoms with Crippen LogP contribution in [-0.4, -0.2) is 42.6 Å². The number of nitrogens with zero attached hydrogens (tertiary/aromatic N) is 1. The second-order valence-electron chi connectivity index (χ2n) is 7.91. The van der Waals surface area contributed by atoms with Gasteiger partial charge in [-0.25, -0.2) is 9.18 Å². The van der Waals surface area contributed by atoms with Gasteiger partial charge in [-0.15, -0.1) is 0 Å². The highest BCUT2D eigenvalue weighted by Crippen LogP contribution is 2.27. The van der Waals surface area contributed by atoms with Crippen LogP contribution in [0.4, 0.5) is 14.9 Å². The zero-order valence-electron chi connectivity index (χ0n) is 17.7. The maximum atomic E-state index is 13.2. The molecule has 2 N–H and O–H groups in total. The Hall–Kier alpha value is -2.80. The van der Waals surface area contributed by atoms with Gasteiger partial charge in [0.25, 0.3) is 5.91 Å². The Balaban J connectivity index is 1.58. The summed E-state index contributed by atoms with van der Waals surface area (Å²) >= 11 is 6.12. The molecule has 1 saturated heterocycles. The summed E-state index contributed by atoms with van der Waals surface area (Å²) in [5.74, 6) is 0.0804. The normalized spacial score (nSPS) is 16.2. The fourth-order valence-corrected chi connectivity index (χ4v) is 3.76. The Kier molecular flexibility index (Phi) is 7.74. The van der Waals surface area contributed by atoms with Crippen LogP contribution in [0.15, 0.2) is 42.5 Å². The number of halogens is 2. The van der Waals surface area contributed by atoms with Crippen molar-refractivity contribution < 1.29 is 18.7 Å². The molecule has 0 saturated carbocycles. The quantitative estimate of drug-likeness (QED) is 0.658. The highest BCUT2D eigenvalue weighted by atomic mass is 35.5. The molecule has 1 fully saturated rings. The molecule has 1 aliphatic rings. The van der Waals surface area contributed by atoms with E-state index in [0.717, 1.165) is 12.8 Å². The number of amides is 3. The van der Waals surface area contributed by atoms with Gasteiger partial charge in [0.2, 0.25) is 0 Å². The molecule has 1 aliphatic heterocycles. The van der Waals surface area contributed by atoms with Gasteiger partial charge in [-0.3, -0.25) is 4.79 Å². The molecule has 0 radical (unpaired) electrons. The number of likely N-dealkylation sites (tertiary alicyclic amines) is 1. The summed E-state index contributed by atoms with van der Waals surface area (Å²) in [5, 5.41) is 5.90. The number of carbonyl (C=O) groups is 2. The molecule has 8 heteroatoms. The molecule has 166 valence electrons. The number of anilines is 1. The molecule has 0 bridgehead atoms. The molecule has 6 nitrogen and oxygen atoms in total. The number of urea groups is 1. The van der Waals surface area contributed by atoms with E-state index in [9.17, 15) is 14.0 Å². The molecule has 1 atom stereocenters. The molecule has 3 rings (SSSR count). The Morgan fingerprint density at radius 2 is 2.06 bits per heavy atom. The Labute approximate surface area is 186 Å². The Morgan fingerprint density at radius 3 is 2.81 bits per heavy atom. The van der Waals surface area contributed by atoms with E-state index in [1.54, 1.807) is 29.2 Å². The summed E-state index contributed by atoms with van der Waals surface area (Å²) in [4.78, 5) is 27.1. The molecule has 2 aromatic rings. The monoisotopic (exact) mass is 447 g/mol. The summed E-state index contributed by atoms with van der Waals surface area (Å²) in [6.07, 6.45) is 1.67. The fraction of sp³-hybridized carbons (Fsp3) is 0.391. The minimum Gasteiger partial charge on any atom is -0.490 e. The lowest BCUT2D eigenvalue weighted by Crippen LogP contribution is -2.44. The third-order valence-electron chi connectivity index (χ3n) is 4.97. The van der Waals surface area contributed by atoms with Crippen LogP contribution in [-0.2, 0) is 0 Å². The molecule has 0 spiro atoms. The van der Waals surface area contributed by atoms with Crippen LogP contribution in [0.5, 0.6) is 5.75 Å². The van der Waals surface area contributed by atoms with Crippen molar-refractivity contribution >= 4 is 29.2 Å². The first-order valence-corrected chi connectivity index (χ1v) is 10.8. The SMILES string of the molecule is CC(C)Oc1ccc(Cl)cc1C(=O)N1CCCC(CNC(=O)Nc2cccc(F)c2)C1. The number of ether oxygens (including phenoxy) is 1. The summed E-state index contributed by atoms with van der Waals surface area (Å²) in [6.45, 7) is 5.38. The van der Waals surface area contributed by atoms with Crippen LogP contribution in [0.3, 0.4) is 0 Å². The molecule has 2 aromatic carbocycles. The van der Waals surface area contributed by atoms with E-state index in [-0.39, 0.29) is 17.9 Å². The first-order chi connectivity index (χ1) is 14.8. The zero-order chi connectivity index (χ0) is 22.4. The van der Waals surface area contributed by atoms with Crippen LogP contribution in [0.1, 0.15) is 37.0 Å². The molecule has 1 heterocycles. The number of carbonyl (C=O) groups excluding carboxylic acids is 2. The maximum Gasteiger partial charge on any atom is 0.319 e. The lowest BCUT2D eigenvalue weighted by molar-refractivity contribution is 0.0669. The summed E-state index contributed by atoms with van der Waals surface area (Å²) in [6, 6.07) is 10.4. The van der Waals surface area contributed by atoms with Crippen molar-refractivity contribution in [2.24, 2.45) is 5.92 Å². The largest absolute Gasteiger partial charge is 0.490 e. The van der Waals surface area contributed by atoms with Crippen LogP contribution < -0.4 is 15.4 Å². The van der Waals surface area contributed by atoms with E-state index in [0.29, 0.717) is 41.7 Å². The number of rotatable bonds is 6. The van der Waals surface area contributed by atoms with Gasteiger partial charge in [-0.2, -0.15) is 0 Å². The average molecular weight is 448 g/mol. The number of benzene rings is 2. The van der Waals surface area contributed by atoms with Gasteiger partial charge in [0.05, 0.1) is 11.7 Å². The smallest absolute Gasteiger partial charge is 0.319 e. The molecular formula is C23H27ClFN3O3. The van der Waals surface area contributed by atoms with Gasteiger partial charge in [0.15, 0.2) is 0 Å². The van der Waals surface area contributed by atoms with E-state index in [1.165, 1.54) is 18.2 Å². The van der Waals surface area contributed by atoms with Crippen LogP contribution >= 0.6 is 11.6 Å². The summed E-state index contributed by atoms with van der Waals surface area (Å²) in [5.41, 5.74) is 0.829. The molecule has 0 aromatic heterocycles. The van der Waals surface area contributed by atoms with Crippen molar-refractivity contribution in [2.45, 2.75) is 32.8 Å². The summed E-state index contributed by atoms with van der Waals surface area (Å²) < 4.78 is 19.0. The third kappa shape index (κ3) is 6.59. The number of piperidine rings is 1. The van der Waals surface area contributed by atoms with Crippen molar-refractivity contribution in [3.05, 3.63) is 58.9 Å². The second kappa shape index (κ2) is 10.5. The van der Waals surface area contributed by atoms with E-state index >= 15 is 0 Å². The standard InChI is InChI=1S/C23H27ClFN3O3/c1-15(2)31-21-9-8-17(24)11-20(21)22(29)28-10-4-5-16(14-28)13-26-23(30)27-19-7-3-6-18(25)12-19/h3,6-9,11-12,15-16H,4-5,10,13-14H2,1-2H3,(H2,26,27,30). The first-order valence-electron chi connectivity index (χ1n) is 10.4. The van der Waals surface area contributed by atoms with Gasteiger partial charge in [-0.05, 0) is 69.0 Å². The van der Waals surface area contributed by atoms with Crippen LogP contribution in [0.25, 0.3) is 0 Å². The van der Waals surface area contributed by atoms with Crippen molar-refractivity contribution in [2.75, 3.05) is 25.0 Å². The molecule has 1 unspecified atom stereocenters. The summed E-state index contributed by atoms with van der Waals surface area (Å²) in [7, 11) is 0. The van der Waals surface area contributed by atoms with Gasteiger partial charge >= 0.3 is 6.03 Å². The van der Waals surface area contributed by atoms with E-state index in [2.05, 4.69) is 10.6 Å². The fourth-order valence-electron chi connectivity index (χ4n) is 3.59. The van der Waals surface area contributed by atoms with Crippen LogP contribution in [0, 0.1) is 11.7 Å². The van der Waals surface area contributed by atoms with Crippen molar-refractivity contribution in [3.63, 3.8) is 0 Å². The molecular weight excluding hydrogens is 421 g/mol. The van der Waals surface area contributed by atoms with Crippen molar-refractivity contribution in [3.8, 4) is 5.75 Å². The minimum atomic E-state index is -0.416. The predicted octanol–water partition coefficient (Wildman–Crippen LogP) is 4.94. The molecule has 3 amide bonds. The first kappa shape index (κ1) is 22.9. The average Bonchev–Trinajstić information content (AvgIpc) is 2.73. The zero-order valence-corrected chi connectivity index (χ0v) is 18.4. The van der Waals surface area contributed by atoms with E-state index in [1.807, 2.05) is 13.8 Å². The van der Waals surface area contributed by atoms with Gasteiger partial charge in [0, 0.05) is 30.3 Å². The van der Waals surface area contributed by atoms with Crippen LogP contribution in [0.2, 0.25) is 5.02 Å². The number of hydrogen-bond donors (Lipinski definition) is 2. The second-order valence-corrected chi connectivity index (χ2v) is 8.35.